The topological polar surface area (TPSA) is 20.3 Å². The van der Waals surface area contributed by atoms with E-state index in [9.17, 15) is 4.79 Å². The molecule has 12 heavy (non-hydrogen) atoms. The Hall–Kier alpha value is -0.630. The number of carbonyl (C=O) groups excluding carboxylic acids is 1. The largest absolute Gasteiger partial charge is 0.299 e. The van der Waals surface area contributed by atoms with Gasteiger partial charge in [-0.1, -0.05) is 19.1 Å². The Morgan fingerprint density at radius 3 is 2.50 bits per heavy atom. The summed E-state index contributed by atoms with van der Waals surface area (Å²) in [6.07, 6.45) is 1.62. The third-order valence-corrected chi connectivity index (χ3v) is 1.55. The predicted octanol–water partition coefficient (Wildman–Crippen LogP) is 1.86. The third-order valence-electron chi connectivity index (χ3n) is 1.55. The van der Waals surface area contributed by atoms with Crippen molar-refractivity contribution in [1.29, 1.82) is 0 Å². The highest BCUT2D eigenvalue weighted by Gasteiger charge is 2.04. The molecule has 0 aromatic heterocycles. The van der Waals surface area contributed by atoms with E-state index in [1.165, 1.54) is 0 Å². The molecule has 0 spiro atoms. The minimum Gasteiger partial charge on any atom is -0.299 e. The zero-order valence-corrected chi connectivity index (χ0v) is 8.39. The quantitative estimate of drug-likeness (QED) is 0.566. The van der Waals surface area contributed by atoms with E-state index in [4.69, 9.17) is 0 Å². The maximum atomic E-state index is 11.2. The van der Waals surface area contributed by atoms with Crippen molar-refractivity contribution in [2.24, 2.45) is 0 Å². The first-order valence-corrected chi connectivity index (χ1v) is 4.41. The average molecular weight is 169 g/mol. The van der Waals surface area contributed by atoms with Gasteiger partial charge in [-0.3, -0.25) is 9.69 Å². The molecule has 0 aromatic carbocycles. The second-order valence-corrected chi connectivity index (χ2v) is 3.41. The van der Waals surface area contributed by atoms with Gasteiger partial charge in [-0.05, 0) is 26.9 Å². The monoisotopic (exact) mass is 169 g/mol. The molecule has 0 bridgehead atoms. The Bertz CT molecular complexity index is 163. The number of Topliss-reactive ketones (excluding diaryl/α,β-unsaturated/α-hetero) is 1. The Kier molecular flexibility index (Phi) is 5.64. The van der Waals surface area contributed by atoms with E-state index in [2.05, 4.69) is 13.5 Å². The van der Waals surface area contributed by atoms with Crippen LogP contribution in [0.25, 0.3) is 0 Å². The van der Waals surface area contributed by atoms with Crippen LogP contribution in [0.3, 0.4) is 0 Å². The molecular weight excluding hydrogens is 150 g/mol. The van der Waals surface area contributed by atoms with Crippen LogP contribution in [0.2, 0.25) is 0 Å². The molecule has 0 amide bonds. The van der Waals surface area contributed by atoms with Gasteiger partial charge in [0.05, 0.1) is 6.54 Å². The first-order valence-electron chi connectivity index (χ1n) is 4.41. The van der Waals surface area contributed by atoms with Gasteiger partial charge in [0.25, 0.3) is 0 Å². The molecular formula is C10H19NO. The van der Waals surface area contributed by atoms with Gasteiger partial charge < -0.3 is 0 Å². The highest BCUT2D eigenvalue weighted by atomic mass is 16.1. The first-order chi connectivity index (χ1) is 5.56. The zero-order chi connectivity index (χ0) is 9.56. The van der Waals surface area contributed by atoms with E-state index >= 15 is 0 Å². The van der Waals surface area contributed by atoms with Gasteiger partial charge in [-0.25, -0.2) is 0 Å². The maximum absolute atomic E-state index is 11.2. The standard InChI is InChI=1S/C10H19NO/c1-5-6-11(4)8-10(12)7-9(2)3/h2,5-8H2,1,3-4H3. The minimum absolute atomic E-state index is 0.262. The lowest BCUT2D eigenvalue weighted by Crippen LogP contribution is -2.26. The lowest BCUT2D eigenvalue weighted by molar-refractivity contribution is -0.119. The van der Waals surface area contributed by atoms with Crippen molar-refractivity contribution < 1.29 is 4.79 Å². The molecule has 0 unspecified atom stereocenters. The molecule has 0 atom stereocenters. The number of rotatable bonds is 6. The molecule has 70 valence electrons. The predicted molar refractivity (Wildman–Crippen MR) is 52.2 cm³/mol. The van der Waals surface area contributed by atoms with Gasteiger partial charge in [0, 0.05) is 6.42 Å². The number of likely N-dealkylation sites (N-methyl/N-ethyl adjacent to an activating group) is 1. The van der Waals surface area contributed by atoms with Crippen molar-refractivity contribution in [3.63, 3.8) is 0 Å². The van der Waals surface area contributed by atoms with E-state index in [-0.39, 0.29) is 5.78 Å². The number of hydrogen-bond acceptors (Lipinski definition) is 2. The molecule has 0 aliphatic carbocycles. The molecule has 0 radical (unpaired) electrons. The van der Waals surface area contributed by atoms with E-state index in [1.807, 2.05) is 18.9 Å². The maximum Gasteiger partial charge on any atom is 0.150 e. The second kappa shape index (κ2) is 5.95. The fourth-order valence-electron chi connectivity index (χ4n) is 1.15. The number of carbonyl (C=O) groups is 1. The number of hydrogen-bond donors (Lipinski definition) is 0. The van der Waals surface area contributed by atoms with Crippen molar-refractivity contribution in [2.45, 2.75) is 26.7 Å². The molecule has 0 aliphatic rings. The molecule has 0 rings (SSSR count). The Balaban J connectivity index is 3.61. The summed E-state index contributed by atoms with van der Waals surface area (Å²) in [5.41, 5.74) is 0.949. The first kappa shape index (κ1) is 11.4. The molecule has 0 heterocycles. The Morgan fingerprint density at radius 2 is 2.08 bits per heavy atom. The molecule has 0 saturated heterocycles. The van der Waals surface area contributed by atoms with Crippen LogP contribution in [0.5, 0.6) is 0 Å². The van der Waals surface area contributed by atoms with Crippen molar-refractivity contribution in [1.82, 2.24) is 4.90 Å². The molecule has 0 fully saturated rings. The number of ketones is 1. The summed E-state index contributed by atoms with van der Waals surface area (Å²) in [4.78, 5) is 13.3. The van der Waals surface area contributed by atoms with Crippen LogP contribution in [-0.2, 0) is 4.79 Å². The summed E-state index contributed by atoms with van der Waals surface area (Å²) in [7, 11) is 1.97. The van der Waals surface area contributed by atoms with E-state index in [1.54, 1.807) is 0 Å². The summed E-state index contributed by atoms with van der Waals surface area (Å²) in [5, 5.41) is 0. The molecule has 0 saturated carbocycles. The van der Waals surface area contributed by atoms with E-state index in [0.29, 0.717) is 13.0 Å². The van der Waals surface area contributed by atoms with Crippen molar-refractivity contribution in [3.8, 4) is 0 Å². The summed E-state index contributed by atoms with van der Waals surface area (Å²) in [6.45, 7) is 9.25. The summed E-state index contributed by atoms with van der Waals surface area (Å²) in [5.74, 6) is 0.262. The van der Waals surface area contributed by atoms with Crippen LogP contribution in [0.1, 0.15) is 26.7 Å². The number of nitrogens with zero attached hydrogens (tertiary/aromatic N) is 1. The average Bonchev–Trinajstić information content (AvgIpc) is 1.84. The second-order valence-electron chi connectivity index (χ2n) is 3.41. The van der Waals surface area contributed by atoms with Crippen LogP contribution < -0.4 is 0 Å². The fourth-order valence-corrected chi connectivity index (χ4v) is 1.15. The molecule has 0 aliphatic heterocycles. The normalized spacial score (nSPS) is 10.3. The van der Waals surface area contributed by atoms with Crippen LogP contribution in [0, 0.1) is 0 Å². The Morgan fingerprint density at radius 1 is 1.50 bits per heavy atom. The highest BCUT2D eigenvalue weighted by molar-refractivity contribution is 5.82. The Labute approximate surface area is 75.3 Å². The van der Waals surface area contributed by atoms with Gasteiger partial charge >= 0.3 is 0 Å². The van der Waals surface area contributed by atoms with Gasteiger partial charge in [-0.15, -0.1) is 0 Å². The van der Waals surface area contributed by atoms with Gasteiger partial charge in [-0.2, -0.15) is 0 Å². The SMILES string of the molecule is C=C(C)CC(=O)CN(C)CCC. The highest BCUT2D eigenvalue weighted by Crippen LogP contribution is 1.98. The van der Waals surface area contributed by atoms with E-state index < -0.39 is 0 Å². The molecule has 2 heteroatoms. The van der Waals surface area contributed by atoms with Crippen molar-refractivity contribution >= 4 is 5.78 Å². The van der Waals surface area contributed by atoms with Crippen LogP contribution >= 0.6 is 0 Å². The van der Waals surface area contributed by atoms with Gasteiger partial charge in [0.15, 0.2) is 5.78 Å². The lowest BCUT2D eigenvalue weighted by Gasteiger charge is -2.13. The van der Waals surface area contributed by atoms with Gasteiger partial charge in [0.1, 0.15) is 0 Å². The smallest absolute Gasteiger partial charge is 0.150 e. The van der Waals surface area contributed by atoms with Crippen LogP contribution in [-0.4, -0.2) is 30.8 Å². The molecule has 0 aromatic rings. The van der Waals surface area contributed by atoms with Crippen LogP contribution in [0.15, 0.2) is 12.2 Å². The lowest BCUT2D eigenvalue weighted by atomic mass is 10.1. The zero-order valence-electron chi connectivity index (χ0n) is 8.39. The van der Waals surface area contributed by atoms with Gasteiger partial charge in [0.2, 0.25) is 0 Å². The van der Waals surface area contributed by atoms with E-state index in [0.717, 1.165) is 18.5 Å². The van der Waals surface area contributed by atoms with Crippen LogP contribution in [0.4, 0.5) is 0 Å². The minimum atomic E-state index is 0.262. The summed E-state index contributed by atoms with van der Waals surface area (Å²) >= 11 is 0. The fraction of sp³-hybridized carbons (Fsp3) is 0.700. The van der Waals surface area contributed by atoms with Crippen molar-refractivity contribution in [3.05, 3.63) is 12.2 Å². The summed E-state index contributed by atoms with van der Waals surface area (Å²) < 4.78 is 0. The number of allylic oxidation sites excluding steroid dienone is 1. The third kappa shape index (κ3) is 6.10. The van der Waals surface area contributed by atoms with Crippen molar-refractivity contribution in [2.75, 3.05) is 20.1 Å². The molecule has 2 nitrogen and oxygen atoms in total. The summed E-state index contributed by atoms with van der Waals surface area (Å²) in [6, 6.07) is 0. The molecule has 0 N–H and O–H groups in total.